The monoisotopic (exact) mass is 282 g/mol. The van der Waals surface area contributed by atoms with Crippen molar-refractivity contribution in [1.82, 2.24) is 0 Å². The van der Waals surface area contributed by atoms with Crippen LogP contribution in [0.3, 0.4) is 0 Å². The van der Waals surface area contributed by atoms with E-state index in [-0.39, 0.29) is 6.61 Å². The average Bonchev–Trinajstić information content (AvgIpc) is 2.50. The Bertz CT molecular complexity index is 407. The molecule has 1 aliphatic heterocycles. The van der Waals surface area contributed by atoms with Crippen molar-refractivity contribution in [3.05, 3.63) is 23.8 Å². The summed E-state index contributed by atoms with van der Waals surface area (Å²) in [5.41, 5.74) is 0.767. The van der Waals surface area contributed by atoms with Gasteiger partial charge in [0.15, 0.2) is 11.5 Å². The molecule has 2 rings (SSSR count). The van der Waals surface area contributed by atoms with Gasteiger partial charge in [0.2, 0.25) is 0 Å². The molecular formula is C15H22O5. The van der Waals surface area contributed by atoms with Crippen molar-refractivity contribution >= 4 is 0 Å². The third-order valence-corrected chi connectivity index (χ3v) is 2.95. The Hall–Kier alpha value is -1.30. The highest BCUT2D eigenvalue weighted by molar-refractivity contribution is 5.44. The first-order valence-corrected chi connectivity index (χ1v) is 7.04. The second-order valence-corrected chi connectivity index (χ2v) is 4.61. The average molecular weight is 282 g/mol. The Kier molecular flexibility index (Phi) is 6.11. The Morgan fingerprint density at radius 3 is 2.65 bits per heavy atom. The number of aliphatic hydroxyl groups excluding tert-OH is 1. The fraction of sp³-hybridized carbons (Fsp3) is 0.600. The quantitative estimate of drug-likeness (QED) is 0.738. The predicted molar refractivity (Wildman–Crippen MR) is 74.3 cm³/mol. The lowest BCUT2D eigenvalue weighted by atomic mass is 10.1. The Morgan fingerprint density at radius 2 is 1.85 bits per heavy atom. The number of aliphatic hydroxyl groups is 1. The SMILES string of the molecule is CCCOCCOCC(O)c1ccc2c(c1)OCCO2. The van der Waals surface area contributed by atoms with E-state index in [2.05, 4.69) is 6.92 Å². The van der Waals surface area contributed by atoms with Gasteiger partial charge in [-0.2, -0.15) is 0 Å². The van der Waals surface area contributed by atoms with E-state index < -0.39 is 6.10 Å². The van der Waals surface area contributed by atoms with E-state index in [0.29, 0.717) is 32.2 Å². The first-order chi connectivity index (χ1) is 9.81. The second kappa shape index (κ2) is 8.09. The maximum atomic E-state index is 10.1. The van der Waals surface area contributed by atoms with Gasteiger partial charge in [-0.25, -0.2) is 0 Å². The molecule has 1 aliphatic rings. The molecule has 0 saturated carbocycles. The van der Waals surface area contributed by atoms with Gasteiger partial charge in [-0.15, -0.1) is 0 Å². The number of ether oxygens (including phenoxy) is 4. The summed E-state index contributed by atoms with van der Waals surface area (Å²) < 4.78 is 21.6. The number of hydrogen-bond donors (Lipinski definition) is 1. The summed E-state index contributed by atoms with van der Waals surface area (Å²) in [5.74, 6) is 1.40. The molecule has 112 valence electrons. The van der Waals surface area contributed by atoms with Crippen molar-refractivity contribution in [2.75, 3.05) is 39.6 Å². The Labute approximate surface area is 119 Å². The van der Waals surface area contributed by atoms with Crippen LogP contribution < -0.4 is 9.47 Å². The fourth-order valence-electron chi connectivity index (χ4n) is 1.92. The summed E-state index contributed by atoms with van der Waals surface area (Å²) in [4.78, 5) is 0. The van der Waals surface area contributed by atoms with Crippen molar-refractivity contribution < 1.29 is 24.1 Å². The molecule has 0 amide bonds. The maximum absolute atomic E-state index is 10.1. The van der Waals surface area contributed by atoms with Crippen molar-refractivity contribution in [3.63, 3.8) is 0 Å². The molecule has 5 nitrogen and oxygen atoms in total. The third-order valence-electron chi connectivity index (χ3n) is 2.95. The van der Waals surface area contributed by atoms with Gasteiger partial charge in [0.25, 0.3) is 0 Å². The zero-order valence-corrected chi connectivity index (χ0v) is 11.8. The lowest BCUT2D eigenvalue weighted by Crippen LogP contribution is -2.16. The topological polar surface area (TPSA) is 57.2 Å². The van der Waals surface area contributed by atoms with Crippen molar-refractivity contribution in [3.8, 4) is 11.5 Å². The summed E-state index contributed by atoms with van der Waals surface area (Å²) in [5, 5.41) is 10.1. The van der Waals surface area contributed by atoms with Crippen LogP contribution >= 0.6 is 0 Å². The number of hydrogen-bond acceptors (Lipinski definition) is 5. The van der Waals surface area contributed by atoms with Gasteiger partial charge in [-0.1, -0.05) is 13.0 Å². The molecule has 0 fully saturated rings. The van der Waals surface area contributed by atoms with E-state index in [1.54, 1.807) is 6.07 Å². The molecule has 1 aromatic carbocycles. The molecule has 5 heteroatoms. The van der Waals surface area contributed by atoms with Gasteiger partial charge in [0.1, 0.15) is 19.3 Å². The van der Waals surface area contributed by atoms with Gasteiger partial charge in [-0.3, -0.25) is 0 Å². The van der Waals surface area contributed by atoms with Crippen LogP contribution in [-0.2, 0) is 9.47 Å². The van der Waals surface area contributed by atoms with Gasteiger partial charge < -0.3 is 24.1 Å². The largest absolute Gasteiger partial charge is 0.486 e. The second-order valence-electron chi connectivity index (χ2n) is 4.61. The maximum Gasteiger partial charge on any atom is 0.161 e. The van der Waals surface area contributed by atoms with Crippen LogP contribution in [0, 0.1) is 0 Å². The lowest BCUT2D eigenvalue weighted by molar-refractivity contribution is 0.00313. The number of benzene rings is 1. The summed E-state index contributed by atoms with van der Waals surface area (Å²) in [6, 6.07) is 5.45. The van der Waals surface area contributed by atoms with E-state index in [4.69, 9.17) is 18.9 Å². The number of rotatable bonds is 8. The Morgan fingerprint density at radius 1 is 1.10 bits per heavy atom. The predicted octanol–water partition coefficient (Wildman–Crippen LogP) is 1.93. The van der Waals surface area contributed by atoms with E-state index in [0.717, 1.165) is 24.3 Å². The highest BCUT2D eigenvalue weighted by Gasteiger charge is 2.15. The molecule has 1 heterocycles. The van der Waals surface area contributed by atoms with Gasteiger partial charge >= 0.3 is 0 Å². The van der Waals surface area contributed by atoms with Crippen molar-refractivity contribution in [2.45, 2.75) is 19.4 Å². The van der Waals surface area contributed by atoms with Crippen LogP contribution in [0.4, 0.5) is 0 Å². The van der Waals surface area contributed by atoms with Gasteiger partial charge in [0, 0.05) is 6.61 Å². The molecule has 1 unspecified atom stereocenters. The molecule has 1 N–H and O–H groups in total. The molecule has 0 spiro atoms. The summed E-state index contributed by atoms with van der Waals surface area (Å²) >= 11 is 0. The van der Waals surface area contributed by atoms with Crippen LogP contribution in [-0.4, -0.2) is 44.7 Å². The summed E-state index contributed by atoms with van der Waals surface area (Å²) in [6.45, 7) is 5.20. The third kappa shape index (κ3) is 4.37. The molecule has 1 aromatic rings. The van der Waals surface area contributed by atoms with E-state index in [9.17, 15) is 5.11 Å². The van der Waals surface area contributed by atoms with Crippen LogP contribution in [0.15, 0.2) is 18.2 Å². The van der Waals surface area contributed by atoms with Crippen LogP contribution in [0.2, 0.25) is 0 Å². The minimum Gasteiger partial charge on any atom is -0.486 e. The van der Waals surface area contributed by atoms with Crippen LogP contribution in [0.5, 0.6) is 11.5 Å². The minimum atomic E-state index is -0.669. The van der Waals surface area contributed by atoms with Crippen LogP contribution in [0.25, 0.3) is 0 Å². The zero-order valence-electron chi connectivity index (χ0n) is 11.8. The molecule has 0 aromatic heterocycles. The number of fused-ring (bicyclic) bond motifs is 1. The first kappa shape index (κ1) is 15.1. The van der Waals surface area contributed by atoms with E-state index in [1.165, 1.54) is 0 Å². The van der Waals surface area contributed by atoms with Gasteiger partial charge in [-0.05, 0) is 24.1 Å². The van der Waals surface area contributed by atoms with Crippen LogP contribution in [0.1, 0.15) is 25.0 Å². The lowest BCUT2D eigenvalue weighted by Gasteiger charge is -2.20. The fourth-order valence-corrected chi connectivity index (χ4v) is 1.92. The normalized spacial score (nSPS) is 15.1. The summed E-state index contributed by atoms with van der Waals surface area (Å²) in [6.07, 6.45) is 0.330. The zero-order chi connectivity index (χ0) is 14.2. The molecular weight excluding hydrogens is 260 g/mol. The minimum absolute atomic E-state index is 0.245. The first-order valence-electron chi connectivity index (χ1n) is 7.04. The molecule has 0 bridgehead atoms. The molecule has 20 heavy (non-hydrogen) atoms. The molecule has 0 aliphatic carbocycles. The van der Waals surface area contributed by atoms with E-state index in [1.807, 2.05) is 12.1 Å². The molecule has 1 atom stereocenters. The van der Waals surface area contributed by atoms with Crippen molar-refractivity contribution in [1.29, 1.82) is 0 Å². The summed E-state index contributed by atoms with van der Waals surface area (Å²) in [7, 11) is 0. The van der Waals surface area contributed by atoms with E-state index >= 15 is 0 Å². The molecule has 0 radical (unpaired) electrons. The van der Waals surface area contributed by atoms with Gasteiger partial charge in [0.05, 0.1) is 19.8 Å². The van der Waals surface area contributed by atoms with Crippen molar-refractivity contribution in [2.24, 2.45) is 0 Å². The molecule has 0 saturated heterocycles. The highest BCUT2D eigenvalue weighted by Crippen LogP contribution is 2.32. The smallest absolute Gasteiger partial charge is 0.161 e. The Balaban J connectivity index is 1.76. The highest BCUT2D eigenvalue weighted by atomic mass is 16.6. The standard InChI is InChI=1S/C15H22O5/c1-2-5-17-6-7-18-11-13(16)12-3-4-14-15(10-12)20-9-8-19-14/h3-4,10,13,16H,2,5-9,11H2,1H3.